The van der Waals surface area contributed by atoms with Gasteiger partial charge in [0.15, 0.2) is 11.5 Å². The molecule has 0 aromatic carbocycles. The van der Waals surface area contributed by atoms with Gasteiger partial charge in [-0.25, -0.2) is 4.79 Å². The van der Waals surface area contributed by atoms with E-state index in [0.717, 1.165) is 0 Å². The van der Waals surface area contributed by atoms with E-state index in [1.807, 2.05) is 6.08 Å². The Bertz CT molecular complexity index is 495. The first-order chi connectivity index (χ1) is 9.26. The molecule has 2 fully saturated rings. The number of nitrogens with zero attached hydrogens (tertiary/aromatic N) is 1. The van der Waals surface area contributed by atoms with Gasteiger partial charge >= 0.3 is 5.97 Å². The highest BCUT2D eigenvalue weighted by molar-refractivity contribution is 5.87. The minimum atomic E-state index is -0.438. The molecule has 102 valence electrons. The molecule has 5 nitrogen and oxygen atoms in total. The zero-order valence-corrected chi connectivity index (χ0v) is 11.0. The first-order valence-electron chi connectivity index (χ1n) is 6.84. The Morgan fingerprint density at radius 2 is 2.53 bits per heavy atom. The standard InChI is InChI=1S/C14H18N2O3/c1-2-18-14(17)13-8-11(19-16-13)5-3-9-7-10-4-6-12(9)15-10/h3,5,8-10,12,15H,2,4,6-7H2,1H3. The molecule has 0 radical (unpaired) electrons. The van der Waals surface area contributed by atoms with Gasteiger partial charge in [0.2, 0.25) is 0 Å². The molecule has 5 heteroatoms. The fourth-order valence-corrected chi connectivity index (χ4v) is 2.97. The van der Waals surface area contributed by atoms with Crippen molar-refractivity contribution in [2.75, 3.05) is 6.61 Å². The molecule has 3 heterocycles. The second-order valence-electron chi connectivity index (χ2n) is 5.14. The van der Waals surface area contributed by atoms with Gasteiger partial charge < -0.3 is 14.6 Å². The van der Waals surface area contributed by atoms with Gasteiger partial charge in [-0.05, 0) is 38.2 Å². The van der Waals surface area contributed by atoms with Crippen molar-refractivity contribution in [1.29, 1.82) is 0 Å². The lowest BCUT2D eigenvalue weighted by molar-refractivity contribution is 0.0514. The van der Waals surface area contributed by atoms with Crippen LogP contribution in [0, 0.1) is 5.92 Å². The number of carbonyl (C=O) groups is 1. The van der Waals surface area contributed by atoms with Gasteiger partial charge in [0.25, 0.3) is 0 Å². The molecule has 3 unspecified atom stereocenters. The number of ether oxygens (including phenoxy) is 1. The Morgan fingerprint density at radius 3 is 3.21 bits per heavy atom. The van der Waals surface area contributed by atoms with Crippen molar-refractivity contribution in [3.63, 3.8) is 0 Å². The monoisotopic (exact) mass is 262 g/mol. The molecular weight excluding hydrogens is 244 g/mol. The topological polar surface area (TPSA) is 64.4 Å². The Balaban J connectivity index is 1.62. The molecular formula is C14H18N2O3. The normalized spacial score (nSPS) is 29.2. The predicted molar refractivity (Wildman–Crippen MR) is 69.5 cm³/mol. The van der Waals surface area contributed by atoms with Crippen molar-refractivity contribution in [2.24, 2.45) is 5.92 Å². The number of nitrogens with one attached hydrogen (secondary N) is 1. The second kappa shape index (κ2) is 5.17. The number of hydrogen-bond donors (Lipinski definition) is 1. The molecule has 0 aliphatic carbocycles. The van der Waals surface area contributed by atoms with Gasteiger partial charge in [-0.3, -0.25) is 0 Å². The number of carbonyl (C=O) groups excluding carboxylic acids is 1. The van der Waals surface area contributed by atoms with Crippen LogP contribution in [-0.2, 0) is 4.74 Å². The summed E-state index contributed by atoms with van der Waals surface area (Å²) in [6.07, 6.45) is 7.81. The molecule has 0 spiro atoms. The summed E-state index contributed by atoms with van der Waals surface area (Å²) in [5.74, 6) is 0.730. The van der Waals surface area contributed by atoms with E-state index in [1.165, 1.54) is 19.3 Å². The summed E-state index contributed by atoms with van der Waals surface area (Å²) >= 11 is 0. The lowest BCUT2D eigenvalue weighted by atomic mass is 9.89. The van der Waals surface area contributed by atoms with Crippen LogP contribution in [0.1, 0.15) is 42.4 Å². The smallest absolute Gasteiger partial charge is 0.360 e. The highest BCUT2D eigenvalue weighted by Gasteiger charge is 2.37. The van der Waals surface area contributed by atoms with E-state index < -0.39 is 5.97 Å². The van der Waals surface area contributed by atoms with Crippen LogP contribution in [0.15, 0.2) is 16.7 Å². The van der Waals surface area contributed by atoms with E-state index in [4.69, 9.17) is 9.26 Å². The fourth-order valence-electron chi connectivity index (χ4n) is 2.97. The van der Waals surface area contributed by atoms with Crippen LogP contribution >= 0.6 is 0 Å². The molecule has 2 aliphatic rings. The summed E-state index contributed by atoms with van der Waals surface area (Å²) in [6.45, 7) is 2.11. The number of fused-ring (bicyclic) bond motifs is 2. The maximum Gasteiger partial charge on any atom is 0.360 e. The van der Waals surface area contributed by atoms with Crippen molar-refractivity contribution >= 4 is 12.0 Å². The second-order valence-corrected chi connectivity index (χ2v) is 5.14. The van der Waals surface area contributed by atoms with Crippen molar-refractivity contribution < 1.29 is 14.1 Å². The number of hydrogen-bond acceptors (Lipinski definition) is 5. The van der Waals surface area contributed by atoms with Gasteiger partial charge in [0.1, 0.15) is 0 Å². The first-order valence-corrected chi connectivity index (χ1v) is 6.84. The minimum Gasteiger partial charge on any atom is -0.461 e. The zero-order chi connectivity index (χ0) is 13.2. The summed E-state index contributed by atoms with van der Waals surface area (Å²) < 4.78 is 9.98. The van der Waals surface area contributed by atoms with Crippen molar-refractivity contribution in [2.45, 2.75) is 38.3 Å². The average molecular weight is 262 g/mol. The van der Waals surface area contributed by atoms with Crippen LogP contribution in [0.25, 0.3) is 6.08 Å². The van der Waals surface area contributed by atoms with E-state index in [-0.39, 0.29) is 5.69 Å². The summed E-state index contributed by atoms with van der Waals surface area (Å²) in [7, 11) is 0. The maximum absolute atomic E-state index is 11.4. The Morgan fingerprint density at radius 1 is 1.63 bits per heavy atom. The average Bonchev–Trinajstić information content (AvgIpc) is 3.12. The van der Waals surface area contributed by atoms with Crippen LogP contribution in [0.3, 0.4) is 0 Å². The lowest BCUT2D eigenvalue weighted by Crippen LogP contribution is -2.21. The highest BCUT2D eigenvalue weighted by atomic mass is 16.5. The third-order valence-corrected chi connectivity index (χ3v) is 3.87. The van der Waals surface area contributed by atoms with Gasteiger partial charge in [0.05, 0.1) is 6.61 Å². The Hall–Kier alpha value is -1.62. The van der Waals surface area contributed by atoms with Crippen LogP contribution < -0.4 is 5.32 Å². The van der Waals surface area contributed by atoms with E-state index in [9.17, 15) is 4.79 Å². The number of rotatable bonds is 4. The summed E-state index contributed by atoms with van der Waals surface area (Å²) in [5, 5.41) is 7.29. The van der Waals surface area contributed by atoms with E-state index in [0.29, 0.717) is 30.4 Å². The van der Waals surface area contributed by atoms with Gasteiger partial charge in [0, 0.05) is 18.2 Å². The van der Waals surface area contributed by atoms with Crippen molar-refractivity contribution in [3.05, 3.63) is 23.6 Å². The summed E-state index contributed by atoms with van der Waals surface area (Å²) in [4.78, 5) is 11.4. The zero-order valence-electron chi connectivity index (χ0n) is 11.0. The quantitative estimate of drug-likeness (QED) is 0.841. The molecule has 1 aromatic rings. The van der Waals surface area contributed by atoms with Crippen LogP contribution in [0.4, 0.5) is 0 Å². The van der Waals surface area contributed by atoms with Crippen LogP contribution in [0.5, 0.6) is 0 Å². The Labute approximate surface area is 112 Å². The summed E-state index contributed by atoms with van der Waals surface area (Å²) in [6, 6.07) is 2.91. The van der Waals surface area contributed by atoms with E-state index in [2.05, 4.69) is 16.5 Å². The first kappa shape index (κ1) is 12.4. The third kappa shape index (κ3) is 2.56. The molecule has 2 bridgehead atoms. The molecule has 0 amide bonds. The highest BCUT2D eigenvalue weighted by Crippen LogP contribution is 2.34. The largest absolute Gasteiger partial charge is 0.461 e. The molecule has 2 saturated heterocycles. The van der Waals surface area contributed by atoms with Gasteiger partial charge in [-0.2, -0.15) is 0 Å². The Kier molecular flexibility index (Phi) is 3.38. The van der Waals surface area contributed by atoms with Gasteiger partial charge in [-0.1, -0.05) is 11.2 Å². The summed E-state index contributed by atoms with van der Waals surface area (Å²) in [5.41, 5.74) is 0.229. The van der Waals surface area contributed by atoms with Crippen LogP contribution in [0.2, 0.25) is 0 Å². The molecule has 3 rings (SSSR count). The van der Waals surface area contributed by atoms with Gasteiger partial charge in [-0.15, -0.1) is 0 Å². The number of esters is 1. The molecule has 19 heavy (non-hydrogen) atoms. The minimum absolute atomic E-state index is 0.229. The van der Waals surface area contributed by atoms with E-state index >= 15 is 0 Å². The molecule has 3 atom stereocenters. The van der Waals surface area contributed by atoms with E-state index in [1.54, 1.807) is 13.0 Å². The van der Waals surface area contributed by atoms with Crippen LogP contribution in [-0.4, -0.2) is 29.8 Å². The molecule has 1 aromatic heterocycles. The third-order valence-electron chi connectivity index (χ3n) is 3.87. The fraction of sp³-hybridized carbons (Fsp3) is 0.571. The number of aromatic nitrogens is 1. The SMILES string of the molecule is CCOC(=O)c1cc(C=CC2CC3CCC2N3)on1. The molecule has 1 N–H and O–H groups in total. The maximum atomic E-state index is 11.4. The predicted octanol–water partition coefficient (Wildman–Crippen LogP) is 2.00. The van der Waals surface area contributed by atoms with Crippen molar-refractivity contribution in [1.82, 2.24) is 10.5 Å². The van der Waals surface area contributed by atoms with Crippen molar-refractivity contribution in [3.8, 4) is 0 Å². The molecule has 0 saturated carbocycles. The lowest BCUT2D eigenvalue weighted by Gasteiger charge is -2.15. The molecule has 2 aliphatic heterocycles.